The van der Waals surface area contributed by atoms with Crippen molar-refractivity contribution in [2.45, 2.75) is 6.92 Å². The number of rotatable bonds is 3. The normalized spacial score (nSPS) is 10.2. The SMILES string of the molecule is Cc1cc(C(=O)Nc2cc(Br)cc(C(=O)O)c2)ccc1N. The molecule has 0 aliphatic rings. The van der Waals surface area contributed by atoms with Gasteiger partial charge in [-0.05, 0) is 48.9 Å². The summed E-state index contributed by atoms with van der Waals surface area (Å²) in [6.45, 7) is 1.81. The predicted molar refractivity (Wildman–Crippen MR) is 84.6 cm³/mol. The number of nitrogen functional groups attached to an aromatic ring is 1. The Labute approximate surface area is 129 Å². The van der Waals surface area contributed by atoms with Crippen LogP contribution in [0, 0.1) is 6.92 Å². The molecule has 2 rings (SSSR count). The quantitative estimate of drug-likeness (QED) is 0.742. The van der Waals surface area contributed by atoms with E-state index in [-0.39, 0.29) is 11.5 Å². The van der Waals surface area contributed by atoms with E-state index in [0.717, 1.165) is 5.56 Å². The van der Waals surface area contributed by atoms with E-state index >= 15 is 0 Å². The van der Waals surface area contributed by atoms with E-state index in [1.54, 1.807) is 24.3 Å². The fourth-order valence-corrected chi connectivity index (χ4v) is 2.30. The van der Waals surface area contributed by atoms with Gasteiger partial charge in [-0.1, -0.05) is 15.9 Å². The van der Waals surface area contributed by atoms with Crippen LogP contribution < -0.4 is 11.1 Å². The Bertz CT molecular complexity index is 729. The second-order valence-electron chi connectivity index (χ2n) is 4.56. The molecule has 4 N–H and O–H groups in total. The first-order chi connectivity index (χ1) is 9.86. The maximum Gasteiger partial charge on any atom is 0.335 e. The highest BCUT2D eigenvalue weighted by Crippen LogP contribution is 2.21. The van der Waals surface area contributed by atoms with Crippen molar-refractivity contribution >= 4 is 39.2 Å². The molecule has 21 heavy (non-hydrogen) atoms. The summed E-state index contributed by atoms with van der Waals surface area (Å²) in [6.07, 6.45) is 0. The first-order valence-corrected chi connectivity index (χ1v) is 6.87. The largest absolute Gasteiger partial charge is 0.478 e. The minimum atomic E-state index is -1.06. The molecular weight excluding hydrogens is 336 g/mol. The molecule has 5 nitrogen and oxygen atoms in total. The third kappa shape index (κ3) is 3.61. The van der Waals surface area contributed by atoms with E-state index in [1.165, 1.54) is 12.1 Å². The molecule has 0 saturated carbocycles. The molecule has 0 bridgehead atoms. The van der Waals surface area contributed by atoms with E-state index in [0.29, 0.717) is 21.4 Å². The first kappa shape index (κ1) is 15.1. The number of nitrogens with one attached hydrogen (secondary N) is 1. The second kappa shape index (κ2) is 5.97. The maximum absolute atomic E-state index is 12.2. The minimum absolute atomic E-state index is 0.0909. The lowest BCUT2D eigenvalue weighted by atomic mass is 10.1. The van der Waals surface area contributed by atoms with Crippen molar-refractivity contribution in [1.82, 2.24) is 0 Å². The van der Waals surface area contributed by atoms with E-state index in [1.807, 2.05) is 6.92 Å². The van der Waals surface area contributed by atoms with Crippen LogP contribution >= 0.6 is 15.9 Å². The summed E-state index contributed by atoms with van der Waals surface area (Å²) < 4.78 is 0.575. The molecule has 1 amide bonds. The molecule has 0 atom stereocenters. The van der Waals surface area contributed by atoms with Crippen molar-refractivity contribution in [3.8, 4) is 0 Å². The smallest absolute Gasteiger partial charge is 0.335 e. The van der Waals surface area contributed by atoms with Crippen molar-refractivity contribution in [1.29, 1.82) is 0 Å². The molecule has 2 aromatic carbocycles. The van der Waals surface area contributed by atoms with Crippen LogP contribution in [0.5, 0.6) is 0 Å². The van der Waals surface area contributed by atoms with Crippen LogP contribution in [-0.4, -0.2) is 17.0 Å². The monoisotopic (exact) mass is 348 g/mol. The summed E-state index contributed by atoms with van der Waals surface area (Å²) in [5.74, 6) is -1.39. The maximum atomic E-state index is 12.2. The Morgan fingerprint density at radius 2 is 1.86 bits per heavy atom. The lowest BCUT2D eigenvalue weighted by Crippen LogP contribution is -2.13. The van der Waals surface area contributed by atoms with E-state index in [9.17, 15) is 9.59 Å². The summed E-state index contributed by atoms with van der Waals surface area (Å²) in [6, 6.07) is 9.46. The standard InChI is InChI=1S/C15H13BrN2O3/c1-8-4-9(2-3-13(8)17)14(19)18-12-6-10(15(20)21)5-11(16)7-12/h2-7H,17H2,1H3,(H,18,19)(H,20,21). The number of benzene rings is 2. The Morgan fingerprint density at radius 3 is 2.48 bits per heavy atom. The molecule has 0 aliphatic carbocycles. The number of aryl methyl sites for hydroxylation is 1. The average molecular weight is 349 g/mol. The summed E-state index contributed by atoms with van der Waals surface area (Å²) in [4.78, 5) is 23.2. The van der Waals surface area contributed by atoms with Crippen LogP contribution in [0.1, 0.15) is 26.3 Å². The molecule has 2 aromatic rings. The van der Waals surface area contributed by atoms with Crippen molar-refractivity contribution in [2.24, 2.45) is 0 Å². The van der Waals surface area contributed by atoms with Crippen LogP contribution in [0.4, 0.5) is 11.4 Å². The summed E-state index contributed by atoms with van der Waals surface area (Å²) in [5, 5.41) is 11.7. The molecule has 0 fully saturated rings. The van der Waals surface area contributed by atoms with Crippen LogP contribution in [0.2, 0.25) is 0 Å². The zero-order valence-corrected chi connectivity index (χ0v) is 12.8. The number of aromatic carboxylic acids is 1. The van der Waals surface area contributed by atoms with Crippen molar-refractivity contribution in [3.05, 3.63) is 57.6 Å². The number of carboxylic acid groups (broad SMARTS) is 1. The van der Waals surface area contributed by atoms with Crippen LogP contribution in [0.25, 0.3) is 0 Å². The number of carbonyl (C=O) groups excluding carboxylic acids is 1. The fraction of sp³-hybridized carbons (Fsp3) is 0.0667. The number of nitrogens with two attached hydrogens (primary N) is 1. The predicted octanol–water partition coefficient (Wildman–Crippen LogP) is 3.29. The zero-order valence-electron chi connectivity index (χ0n) is 11.2. The Hall–Kier alpha value is -2.34. The van der Waals surface area contributed by atoms with Gasteiger partial charge in [-0.3, -0.25) is 4.79 Å². The van der Waals surface area contributed by atoms with Gasteiger partial charge >= 0.3 is 5.97 Å². The molecule has 0 aromatic heterocycles. The Kier molecular flexibility index (Phi) is 4.28. The molecule has 0 aliphatic heterocycles. The van der Waals surface area contributed by atoms with Crippen LogP contribution in [0.15, 0.2) is 40.9 Å². The van der Waals surface area contributed by atoms with Gasteiger partial charge in [0.25, 0.3) is 5.91 Å². The lowest BCUT2D eigenvalue weighted by molar-refractivity contribution is 0.0696. The van der Waals surface area contributed by atoms with Crippen LogP contribution in [-0.2, 0) is 0 Å². The Balaban J connectivity index is 2.27. The fourth-order valence-electron chi connectivity index (χ4n) is 1.81. The Morgan fingerprint density at radius 1 is 1.14 bits per heavy atom. The molecule has 108 valence electrons. The van der Waals surface area contributed by atoms with E-state index < -0.39 is 5.97 Å². The molecule has 0 heterocycles. The van der Waals surface area contributed by atoms with E-state index in [4.69, 9.17) is 10.8 Å². The zero-order chi connectivity index (χ0) is 15.6. The minimum Gasteiger partial charge on any atom is -0.478 e. The molecule has 0 saturated heterocycles. The molecule has 0 spiro atoms. The topological polar surface area (TPSA) is 92.4 Å². The highest BCUT2D eigenvalue weighted by Gasteiger charge is 2.10. The van der Waals surface area contributed by atoms with Gasteiger partial charge < -0.3 is 16.2 Å². The number of carbonyl (C=O) groups is 2. The van der Waals surface area contributed by atoms with Gasteiger partial charge in [0.15, 0.2) is 0 Å². The summed E-state index contributed by atoms with van der Waals surface area (Å²) in [7, 11) is 0. The molecule has 6 heteroatoms. The summed E-state index contributed by atoms with van der Waals surface area (Å²) >= 11 is 3.22. The van der Waals surface area contributed by atoms with Gasteiger partial charge in [-0.2, -0.15) is 0 Å². The third-order valence-corrected chi connectivity index (χ3v) is 3.39. The van der Waals surface area contributed by atoms with Gasteiger partial charge in [0.1, 0.15) is 0 Å². The van der Waals surface area contributed by atoms with Crippen molar-refractivity contribution in [3.63, 3.8) is 0 Å². The number of hydrogen-bond acceptors (Lipinski definition) is 3. The summed E-state index contributed by atoms with van der Waals surface area (Å²) in [5.41, 5.74) is 8.08. The highest BCUT2D eigenvalue weighted by atomic mass is 79.9. The number of hydrogen-bond donors (Lipinski definition) is 3. The highest BCUT2D eigenvalue weighted by molar-refractivity contribution is 9.10. The second-order valence-corrected chi connectivity index (χ2v) is 5.47. The number of amides is 1. The van der Waals surface area contributed by atoms with Gasteiger partial charge in [-0.25, -0.2) is 4.79 Å². The van der Waals surface area contributed by atoms with Crippen molar-refractivity contribution in [2.75, 3.05) is 11.1 Å². The van der Waals surface area contributed by atoms with Crippen molar-refractivity contribution < 1.29 is 14.7 Å². The molecule has 0 radical (unpaired) electrons. The van der Waals surface area contributed by atoms with E-state index in [2.05, 4.69) is 21.2 Å². The molecular formula is C15H13BrN2O3. The van der Waals surface area contributed by atoms with Gasteiger partial charge in [-0.15, -0.1) is 0 Å². The average Bonchev–Trinajstić information content (AvgIpc) is 2.41. The van der Waals surface area contributed by atoms with Crippen LogP contribution in [0.3, 0.4) is 0 Å². The first-order valence-electron chi connectivity index (χ1n) is 6.08. The third-order valence-electron chi connectivity index (χ3n) is 2.93. The lowest BCUT2D eigenvalue weighted by Gasteiger charge is -2.08. The number of halogens is 1. The van der Waals surface area contributed by atoms with Gasteiger partial charge in [0.05, 0.1) is 5.56 Å². The van der Waals surface area contributed by atoms with Gasteiger partial charge in [0, 0.05) is 21.4 Å². The number of carboxylic acids is 1. The number of anilines is 2. The van der Waals surface area contributed by atoms with Gasteiger partial charge in [0.2, 0.25) is 0 Å². The molecule has 0 unspecified atom stereocenters.